The van der Waals surface area contributed by atoms with E-state index in [1.54, 1.807) is 24.5 Å². The molecule has 1 aromatic heterocycles. The second-order valence-electron chi connectivity index (χ2n) is 4.89. The van der Waals surface area contributed by atoms with Crippen LogP contribution in [0.2, 0.25) is 0 Å². The maximum Gasteiger partial charge on any atom is 0.147 e. The molecule has 0 aliphatic heterocycles. The Morgan fingerprint density at radius 2 is 2.06 bits per heavy atom. The summed E-state index contributed by atoms with van der Waals surface area (Å²) in [4.78, 5) is 0. The van der Waals surface area contributed by atoms with Crippen molar-refractivity contribution in [1.82, 2.24) is 4.57 Å². The molecule has 0 aliphatic carbocycles. The number of nitrogens with zero attached hydrogens (tertiary/aromatic N) is 1. The highest BCUT2D eigenvalue weighted by Crippen LogP contribution is 2.26. The fourth-order valence-corrected chi connectivity index (χ4v) is 2.11. The zero-order valence-corrected chi connectivity index (χ0v) is 9.79. The standard InChI is InChI=1S/C13H16FNO/c1-13(2,16)7-9-8-15(3)12-10(9)5-4-6-11(12)14/h4-6,8,16H,7H2,1-3H3. The quantitative estimate of drug-likeness (QED) is 0.828. The fourth-order valence-electron chi connectivity index (χ4n) is 2.11. The SMILES string of the molecule is Cn1cc(CC(C)(C)O)c2cccc(F)c21. The molecule has 0 radical (unpaired) electrons. The van der Waals surface area contributed by atoms with Crippen LogP contribution in [0.1, 0.15) is 19.4 Å². The summed E-state index contributed by atoms with van der Waals surface area (Å²) in [5.74, 6) is -0.220. The van der Waals surface area contributed by atoms with Gasteiger partial charge in [-0.25, -0.2) is 4.39 Å². The van der Waals surface area contributed by atoms with Crippen molar-refractivity contribution in [2.45, 2.75) is 25.9 Å². The van der Waals surface area contributed by atoms with Gasteiger partial charge in [0, 0.05) is 25.1 Å². The number of aryl methyl sites for hydroxylation is 1. The first-order valence-corrected chi connectivity index (χ1v) is 5.33. The van der Waals surface area contributed by atoms with E-state index in [1.165, 1.54) is 6.07 Å². The highest BCUT2D eigenvalue weighted by Gasteiger charge is 2.18. The Kier molecular flexibility index (Phi) is 2.50. The first-order valence-electron chi connectivity index (χ1n) is 5.33. The molecule has 1 heterocycles. The molecule has 0 bridgehead atoms. The van der Waals surface area contributed by atoms with E-state index in [9.17, 15) is 9.50 Å². The average molecular weight is 221 g/mol. The van der Waals surface area contributed by atoms with Gasteiger partial charge in [-0.2, -0.15) is 0 Å². The molecule has 2 aromatic rings. The first-order chi connectivity index (χ1) is 7.38. The average Bonchev–Trinajstić information content (AvgIpc) is 2.42. The van der Waals surface area contributed by atoms with Crippen LogP contribution < -0.4 is 0 Å². The van der Waals surface area contributed by atoms with Gasteiger partial charge in [0.25, 0.3) is 0 Å². The van der Waals surface area contributed by atoms with Gasteiger partial charge in [0.2, 0.25) is 0 Å². The molecule has 1 N–H and O–H groups in total. The number of aromatic nitrogens is 1. The Morgan fingerprint density at radius 3 is 2.69 bits per heavy atom. The Bertz CT molecular complexity index is 522. The van der Waals surface area contributed by atoms with Crippen LogP contribution in [0, 0.1) is 5.82 Å². The Morgan fingerprint density at radius 1 is 1.38 bits per heavy atom. The van der Waals surface area contributed by atoms with Gasteiger partial charge in [0.05, 0.1) is 11.1 Å². The zero-order chi connectivity index (χ0) is 11.9. The maximum absolute atomic E-state index is 13.6. The van der Waals surface area contributed by atoms with E-state index in [0.717, 1.165) is 10.9 Å². The Labute approximate surface area is 94.3 Å². The second-order valence-corrected chi connectivity index (χ2v) is 4.89. The van der Waals surface area contributed by atoms with Gasteiger partial charge in [0.15, 0.2) is 0 Å². The summed E-state index contributed by atoms with van der Waals surface area (Å²) in [6.45, 7) is 3.51. The van der Waals surface area contributed by atoms with Gasteiger partial charge in [-0.15, -0.1) is 0 Å². The monoisotopic (exact) mass is 221 g/mol. The Balaban J connectivity index is 2.60. The van der Waals surface area contributed by atoms with Crippen LogP contribution in [-0.2, 0) is 13.5 Å². The third-order valence-corrected chi connectivity index (χ3v) is 2.66. The lowest BCUT2D eigenvalue weighted by Crippen LogP contribution is -2.21. The van der Waals surface area contributed by atoms with E-state index in [-0.39, 0.29) is 5.82 Å². The van der Waals surface area contributed by atoms with Crippen molar-refractivity contribution in [3.05, 3.63) is 35.8 Å². The Hall–Kier alpha value is -1.35. The number of benzene rings is 1. The summed E-state index contributed by atoms with van der Waals surface area (Å²) in [6.07, 6.45) is 2.40. The number of hydrogen-bond donors (Lipinski definition) is 1. The third kappa shape index (κ3) is 1.95. The fraction of sp³-hybridized carbons (Fsp3) is 0.385. The van der Waals surface area contributed by atoms with Gasteiger partial charge in [-0.1, -0.05) is 12.1 Å². The highest BCUT2D eigenvalue weighted by atomic mass is 19.1. The number of rotatable bonds is 2. The molecule has 0 fully saturated rings. The molecule has 0 aliphatic rings. The van der Waals surface area contributed by atoms with E-state index in [4.69, 9.17) is 0 Å². The van der Waals surface area contributed by atoms with Crippen molar-refractivity contribution >= 4 is 10.9 Å². The van der Waals surface area contributed by atoms with E-state index >= 15 is 0 Å². The predicted octanol–water partition coefficient (Wildman–Crippen LogP) is 2.63. The van der Waals surface area contributed by atoms with Gasteiger partial charge >= 0.3 is 0 Å². The van der Waals surface area contributed by atoms with Crippen molar-refractivity contribution < 1.29 is 9.50 Å². The molecule has 0 saturated carbocycles. The summed E-state index contributed by atoms with van der Waals surface area (Å²) in [5.41, 5.74) is 0.798. The normalized spacial score (nSPS) is 12.3. The predicted molar refractivity (Wildman–Crippen MR) is 62.9 cm³/mol. The number of para-hydroxylation sites is 1. The molecule has 86 valence electrons. The molecule has 1 aromatic carbocycles. The summed E-state index contributed by atoms with van der Waals surface area (Å²) in [6, 6.07) is 5.04. The van der Waals surface area contributed by atoms with Crippen LogP contribution in [0.4, 0.5) is 4.39 Å². The van der Waals surface area contributed by atoms with Crippen molar-refractivity contribution in [3.8, 4) is 0 Å². The lowest BCUT2D eigenvalue weighted by atomic mass is 9.98. The van der Waals surface area contributed by atoms with E-state index in [2.05, 4.69) is 0 Å². The largest absolute Gasteiger partial charge is 0.390 e. The van der Waals surface area contributed by atoms with Crippen molar-refractivity contribution in [2.75, 3.05) is 0 Å². The van der Waals surface area contributed by atoms with Gasteiger partial charge in [-0.3, -0.25) is 0 Å². The topological polar surface area (TPSA) is 25.2 Å². The molecule has 2 nitrogen and oxygen atoms in total. The van der Waals surface area contributed by atoms with E-state index in [1.807, 2.05) is 19.3 Å². The molecule has 16 heavy (non-hydrogen) atoms. The first kappa shape index (κ1) is 11.1. The minimum atomic E-state index is -0.777. The maximum atomic E-state index is 13.6. The van der Waals surface area contributed by atoms with Crippen LogP contribution in [-0.4, -0.2) is 15.3 Å². The number of hydrogen-bond acceptors (Lipinski definition) is 1. The lowest BCUT2D eigenvalue weighted by Gasteiger charge is -2.16. The number of fused-ring (bicyclic) bond motifs is 1. The summed E-state index contributed by atoms with van der Waals surface area (Å²) >= 11 is 0. The van der Waals surface area contributed by atoms with Crippen molar-refractivity contribution in [3.63, 3.8) is 0 Å². The number of aliphatic hydroxyl groups is 1. The minimum Gasteiger partial charge on any atom is -0.390 e. The molecule has 0 unspecified atom stereocenters. The van der Waals surface area contributed by atoms with Crippen LogP contribution >= 0.6 is 0 Å². The van der Waals surface area contributed by atoms with Gasteiger partial charge in [0.1, 0.15) is 5.82 Å². The molecule has 2 rings (SSSR count). The van der Waals surface area contributed by atoms with E-state index < -0.39 is 5.60 Å². The molecule has 0 saturated heterocycles. The smallest absolute Gasteiger partial charge is 0.147 e. The van der Waals surface area contributed by atoms with Crippen LogP contribution in [0.25, 0.3) is 10.9 Å². The molecule has 0 atom stereocenters. The number of halogens is 1. The molecule has 3 heteroatoms. The third-order valence-electron chi connectivity index (χ3n) is 2.66. The van der Waals surface area contributed by atoms with Gasteiger partial charge < -0.3 is 9.67 Å². The highest BCUT2D eigenvalue weighted by molar-refractivity contribution is 5.84. The van der Waals surface area contributed by atoms with E-state index in [0.29, 0.717) is 11.9 Å². The summed E-state index contributed by atoms with van der Waals surface area (Å²) < 4.78 is 15.4. The van der Waals surface area contributed by atoms with Crippen molar-refractivity contribution in [1.29, 1.82) is 0 Å². The molecule has 0 spiro atoms. The van der Waals surface area contributed by atoms with Crippen molar-refractivity contribution in [2.24, 2.45) is 7.05 Å². The molecular formula is C13H16FNO. The van der Waals surface area contributed by atoms with Crippen LogP contribution in [0.5, 0.6) is 0 Å². The summed E-state index contributed by atoms with van der Waals surface area (Å²) in [7, 11) is 1.82. The summed E-state index contributed by atoms with van der Waals surface area (Å²) in [5, 5.41) is 10.7. The zero-order valence-electron chi connectivity index (χ0n) is 9.79. The van der Waals surface area contributed by atoms with Crippen LogP contribution in [0.3, 0.4) is 0 Å². The van der Waals surface area contributed by atoms with Crippen LogP contribution in [0.15, 0.2) is 24.4 Å². The molecular weight excluding hydrogens is 205 g/mol. The van der Waals surface area contributed by atoms with Gasteiger partial charge in [-0.05, 0) is 25.5 Å². The second kappa shape index (κ2) is 3.59. The lowest BCUT2D eigenvalue weighted by molar-refractivity contribution is 0.0813. The molecule has 0 amide bonds. The minimum absolute atomic E-state index is 0.220.